The lowest BCUT2D eigenvalue weighted by Crippen LogP contribution is -2.46. The van der Waals surface area contributed by atoms with Crippen molar-refractivity contribution in [2.24, 2.45) is 0 Å². The second-order valence-electron chi connectivity index (χ2n) is 7.21. The minimum absolute atomic E-state index is 0.217. The maximum Gasteiger partial charge on any atom is 0.255 e. The van der Waals surface area contributed by atoms with Crippen molar-refractivity contribution in [2.75, 3.05) is 51.8 Å². The summed E-state index contributed by atoms with van der Waals surface area (Å²) in [4.78, 5) is 15.0. The Morgan fingerprint density at radius 2 is 1.55 bits per heavy atom. The van der Waals surface area contributed by atoms with E-state index in [0.29, 0.717) is 62.1 Å². The first kappa shape index (κ1) is 23.1. The standard InChI is InChI=1S/C22H29N3O5S/c1-4-29-20-11-6-17(16-21(20)30-5-2)22(26)23-18-7-9-19(10-8-18)31(27,28)25-14-12-24(3)13-15-25/h6-11,16H,4-5,12-15H2,1-3H3,(H,23,26). The Bertz CT molecular complexity index is 1000. The monoisotopic (exact) mass is 447 g/mol. The third kappa shape index (κ3) is 5.55. The average molecular weight is 448 g/mol. The van der Waals surface area contributed by atoms with Gasteiger partial charge in [-0.3, -0.25) is 4.79 Å². The number of rotatable bonds is 8. The molecule has 168 valence electrons. The van der Waals surface area contributed by atoms with Gasteiger partial charge in [0.25, 0.3) is 5.91 Å². The summed E-state index contributed by atoms with van der Waals surface area (Å²) in [6.07, 6.45) is 0. The molecule has 1 N–H and O–H groups in total. The van der Waals surface area contributed by atoms with Gasteiger partial charge in [-0.2, -0.15) is 4.31 Å². The lowest BCUT2D eigenvalue weighted by atomic mass is 10.2. The molecule has 1 saturated heterocycles. The second kappa shape index (κ2) is 10.1. The van der Waals surface area contributed by atoms with Crippen LogP contribution in [-0.4, -0.2) is 70.0 Å². The van der Waals surface area contributed by atoms with Gasteiger partial charge in [0.05, 0.1) is 18.1 Å². The van der Waals surface area contributed by atoms with Crippen LogP contribution < -0.4 is 14.8 Å². The first-order valence-corrected chi connectivity index (χ1v) is 11.8. The quantitative estimate of drug-likeness (QED) is 0.669. The van der Waals surface area contributed by atoms with Crippen LogP contribution in [0.15, 0.2) is 47.4 Å². The summed E-state index contributed by atoms with van der Waals surface area (Å²) >= 11 is 0. The number of ether oxygens (including phenoxy) is 2. The van der Waals surface area contributed by atoms with Crippen LogP contribution in [0.5, 0.6) is 11.5 Å². The van der Waals surface area contributed by atoms with Gasteiger partial charge >= 0.3 is 0 Å². The molecule has 1 aliphatic rings. The summed E-state index contributed by atoms with van der Waals surface area (Å²) in [6, 6.07) is 11.2. The Balaban J connectivity index is 1.71. The average Bonchev–Trinajstić information content (AvgIpc) is 2.76. The molecule has 1 heterocycles. The third-order valence-corrected chi connectivity index (χ3v) is 6.93. The molecule has 31 heavy (non-hydrogen) atoms. The molecule has 8 nitrogen and oxygen atoms in total. The van der Waals surface area contributed by atoms with Crippen LogP contribution in [-0.2, 0) is 10.0 Å². The highest BCUT2D eigenvalue weighted by Gasteiger charge is 2.27. The Morgan fingerprint density at radius 3 is 2.16 bits per heavy atom. The summed E-state index contributed by atoms with van der Waals surface area (Å²) in [5, 5.41) is 2.79. The molecule has 0 spiro atoms. The second-order valence-corrected chi connectivity index (χ2v) is 9.15. The number of anilines is 1. The smallest absolute Gasteiger partial charge is 0.255 e. The molecule has 2 aromatic carbocycles. The first-order chi connectivity index (χ1) is 14.8. The largest absolute Gasteiger partial charge is 0.490 e. The van der Waals surface area contributed by atoms with Crippen LogP contribution in [0.3, 0.4) is 0 Å². The number of hydrogen-bond donors (Lipinski definition) is 1. The fourth-order valence-electron chi connectivity index (χ4n) is 3.28. The Hall–Kier alpha value is -2.62. The van der Waals surface area contributed by atoms with Crippen LogP contribution in [0.2, 0.25) is 0 Å². The molecule has 0 unspecified atom stereocenters. The lowest BCUT2D eigenvalue weighted by molar-refractivity contribution is 0.102. The molecule has 1 amide bonds. The molecule has 0 bridgehead atoms. The number of nitrogens with zero attached hydrogens (tertiary/aromatic N) is 2. The number of carbonyl (C=O) groups is 1. The van der Waals surface area contributed by atoms with Crippen molar-refractivity contribution in [2.45, 2.75) is 18.7 Å². The zero-order valence-corrected chi connectivity index (χ0v) is 18.9. The van der Waals surface area contributed by atoms with Crippen molar-refractivity contribution in [3.63, 3.8) is 0 Å². The summed E-state index contributed by atoms with van der Waals surface area (Å²) in [5.41, 5.74) is 0.926. The van der Waals surface area contributed by atoms with Crippen molar-refractivity contribution < 1.29 is 22.7 Å². The Kier molecular flexibility index (Phi) is 7.53. The number of hydrogen-bond acceptors (Lipinski definition) is 6. The molecular formula is C22H29N3O5S. The molecule has 1 aliphatic heterocycles. The van der Waals surface area contributed by atoms with E-state index < -0.39 is 10.0 Å². The SMILES string of the molecule is CCOc1ccc(C(=O)Nc2ccc(S(=O)(=O)N3CCN(C)CC3)cc2)cc1OCC. The molecule has 0 aromatic heterocycles. The highest BCUT2D eigenvalue weighted by atomic mass is 32.2. The van der Waals surface area contributed by atoms with Gasteiger partial charge in [-0.25, -0.2) is 8.42 Å². The number of sulfonamides is 1. The summed E-state index contributed by atoms with van der Waals surface area (Å²) in [5.74, 6) is 0.767. The summed E-state index contributed by atoms with van der Waals surface area (Å²) in [7, 11) is -1.57. The molecule has 0 atom stereocenters. The maximum atomic E-state index is 12.8. The van der Waals surface area contributed by atoms with E-state index in [-0.39, 0.29) is 10.8 Å². The minimum atomic E-state index is -3.54. The van der Waals surface area contributed by atoms with Crippen molar-refractivity contribution >= 4 is 21.6 Å². The van der Waals surface area contributed by atoms with Crippen molar-refractivity contribution in [1.29, 1.82) is 0 Å². The number of amides is 1. The van der Waals surface area contributed by atoms with Crippen LogP contribution in [0.4, 0.5) is 5.69 Å². The number of carbonyl (C=O) groups excluding carboxylic acids is 1. The number of benzene rings is 2. The number of likely N-dealkylation sites (N-methyl/N-ethyl adjacent to an activating group) is 1. The van der Waals surface area contributed by atoms with Crippen LogP contribution in [0.25, 0.3) is 0 Å². The van der Waals surface area contributed by atoms with E-state index in [2.05, 4.69) is 10.2 Å². The van der Waals surface area contributed by atoms with Gasteiger partial charge in [0, 0.05) is 37.4 Å². The van der Waals surface area contributed by atoms with Gasteiger partial charge in [0.1, 0.15) is 0 Å². The zero-order valence-electron chi connectivity index (χ0n) is 18.1. The minimum Gasteiger partial charge on any atom is -0.490 e. The van der Waals surface area contributed by atoms with E-state index in [1.807, 2.05) is 20.9 Å². The van der Waals surface area contributed by atoms with E-state index >= 15 is 0 Å². The van der Waals surface area contributed by atoms with Crippen LogP contribution >= 0.6 is 0 Å². The molecule has 1 fully saturated rings. The van der Waals surface area contributed by atoms with Crippen molar-refractivity contribution in [1.82, 2.24) is 9.21 Å². The molecule has 0 aliphatic carbocycles. The van der Waals surface area contributed by atoms with Gasteiger partial charge in [-0.1, -0.05) is 0 Å². The highest BCUT2D eigenvalue weighted by molar-refractivity contribution is 7.89. The highest BCUT2D eigenvalue weighted by Crippen LogP contribution is 2.29. The fourth-order valence-corrected chi connectivity index (χ4v) is 4.71. The van der Waals surface area contributed by atoms with E-state index in [4.69, 9.17) is 9.47 Å². The topological polar surface area (TPSA) is 88.2 Å². The summed E-state index contributed by atoms with van der Waals surface area (Å²) < 4.78 is 38.2. The summed E-state index contributed by atoms with van der Waals surface area (Å²) in [6.45, 7) is 7.04. The van der Waals surface area contributed by atoms with E-state index in [9.17, 15) is 13.2 Å². The molecule has 9 heteroatoms. The van der Waals surface area contributed by atoms with Gasteiger partial charge in [0.2, 0.25) is 10.0 Å². The molecule has 0 saturated carbocycles. The molecule has 0 radical (unpaired) electrons. The Labute approximate surface area is 183 Å². The zero-order chi connectivity index (χ0) is 22.4. The van der Waals surface area contributed by atoms with Crippen LogP contribution in [0, 0.1) is 0 Å². The van der Waals surface area contributed by atoms with Crippen molar-refractivity contribution in [3.8, 4) is 11.5 Å². The normalized spacial score (nSPS) is 15.5. The van der Waals surface area contributed by atoms with E-state index in [1.165, 1.54) is 16.4 Å². The van der Waals surface area contributed by atoms with Gasteiger partial charge in [0.15, 0.2) is 11.5 Å². The molecule has 3 rings (SSSR count). The number of nitrogens with one attached hydrogen (secondary N) is 1. The Morgan fingerprint density at radius 1 is 0.935 bits per heavy atom. The maximum absolute atomic E-state index is 12.8. The molecular weight excluding hydrogens is 418 g/mol. The van der Waals surface area contributed by atoms with Gasteiger partial charge in [-0.05, 0) is 63.4 Å². The van der Waals surface area contributed by atoms with Gasteiger partial charge in [-0.15, -0.1) is 0 Å². The lowest BCUT2D eigenvalue weighted by Gasteiger charge is -2.31. The fraction of sp³-hybridized carbons (Fsp3) is 0.409. The third-order valence-electron chi connectivity index (χ3n) is 5.02. The van der Waals surface area contributed by atoms with E-state index in [1.54, 1.807) is 30.3 Å². The number of piperazine rings is 1. The van der Waals surface area contributed by atoms with Gasteiger partial charge < -0.3 is 19.7 Å². The first-order valence-electron chi connectivity index (χ1n) is 10.3. The predicted molar refractivity (Wildman–Crippen MR) is 119 cm³/mol. The van der Waals surface area contributed by atoms with Crippen LogP contribution in [0.1, 0.15) is 24.2 Å². The predicted octanol–water partition coefficient (Wildman–Crippen LogP) is 2.67. The van der Waals surface area contributed by atoms with E-state index in [0.717, 1.165) is 0 Å². The molecule has 2 aromatic rings. The van der Waals surface area contributed by atoms with Crippen molar-refractivity contribution in [3.05, 3.63) is 48.0 Å².